The molecule has 2 unspecified atom stereocenters. The van der Waals surface area contributed by atoms with Gasteiger partial charge in [0.05, 0.1) is 29.9 Å². The average Bonchev–Trinajstić information content (AvgIpc) is 3.33. The molecule has 0 aliphatic carbocycles. The highest BCUT2D eigenvalue weighted by atomic mass is 19.1. The molecule has 230 valence electrons. The summed E-state index contributed by atoms with van der Waals surface area (Å²) in [4.78, 5) is 35.9. The summed E-state index contributed by atoms with van der Waals surface area (Å²) in [6.07, 6.45) is -2.65. The Morgan fingerprint density at radius 2 is 1.57 bits per heavy atom. The van der Waals surface area contributed by atoms with Gasteiger partial charge in [-0.05, 0) is 71.8 Å². The minimum Gasteiger partial charge on any atom is -0.481 e. The second-order valence-corrected chi connectivity index (χ2v) is 11.0. The topological polar surface area (TPSA) is 141 Å². The Labute approximate surface area is 255 Å². The number of carbonyl (C=O) groups excluding carboxylic acids is 1. The fourth-order valence-electron chi connectivity index (χ4n) is 5.45. The smallest absolute Gasteiger partial charge is 0.305 e. The quantitative estimate of drug-likeness (QED) is 0.120. The number of nitrogens with one attached hydrogen (secondary N) is 1. The van der Waals surface area contributed by atoms with E-state index in [1.54, 1.807) is 36.4 Å². The lowest BCUT2D eigenvalue weighted by Gasteiger charge is -2.20. The van der Waals surface area contributed by atoms with E-state index < -0.39 is 30.4 Å². The van der Waals surface area contributed by atoms with Gasteiger partial charge in [-0.25, -0.2) is 4.39 Å². The van der Waals surface area contributed by atoms with Crippen LogP contribution in [-0.4, -0.2) is 44.0 Å². The normalized spacial score (nSPS) is 12.6. The molecule has 4 N–H and O–H groups in total. The van der Waals surface area contributed by atoms with E-state index in [9.17, 15) is 29.1 Å². The molecule has 0 aliphatic heterocycles. The molecule has 0 saturated carbocycles. The first-order chi connectivity index (χ1) is 21.1. The van der Waals surface area contributed by atoms with E-state index in [0.717, 1.165) is 5.56 Å². The Morgan fingerprint density at radius 1 is 0.909 bits per heavy atom. The fourth-order valence-corrected chi connectivity index (χ4v) is 5.45. The predicted octanol–water partition coefficient (Wildman–Crippen LogP) is 6.58. The van der Waals surface area contributed by atoms with Crippen molar-refractivity contribution >= 4 is 17.6 Å². The van der Waals surface area contributed by atoms with Crippen LogP contribution in [0.4, 0.5) is 10.1 Å². The minimum absolute atomic E-state index is 0.0208. The van der Waals surface area contributed by atoms with Crippen molar-refractivity contribution in [3.63, 3.8) is 0 Å². The molecule has 44 heavy (non-hydrogen) atoms. The first kappa shape index (κ1) is 32.2. The molecule has 2 atom stereocenters. The van der Waals surface area contributed by atoms with Crippen LogP contribution >= 0.6 is 0 Å². The van der Waals surface area contributed by atoms with Crippen LogP contribution in [0, 0.1) is 10.7 Å². The Kier molecular flexibility index (Phi) is 10.8. The molecule has 0 saturated heterocycles. The van der Waals surface area contributed by atoms with E-state index in [-0.39, 0.29) is 37.8 Å². The molecular weight excluding hydrogens is 565 g/mol. The summed E-state index contributed by atoms with van der Waals surface area (Å²) in [5, 5.41) is 35.7. The van der Waals surface area contributed by atoms with Crippen LogP contribution in [0.1, 0.15) is 60.6 Å². The second-order valence-electron chi connectivity index (χ2n) is 11.0. The largest absolute Gasteiger partial charge is 0.481 e. The van der Waals surface area contributed by atoms with E-state index in [2.05, 4.69) is 10.5 Å². The van der Waals surface area contributed by atoms with Crippen molar-refractivity contribution in [3.05, 3.63) is 106 Å². The number of hydrogen-bond donors (Lipinski definition) is 4. The Hall–Kier alpha value is -4.67. The molecule has 3 aromatic carbocycles. The van der Waals surface area contributed by atoms with Crippen LogP contribution in [-0.2, 0) is 17.9 Å². The first-order valence-electron chi connectivity index (χ1n) is 14.4. The van der Waals surface area contributed by atoms with Crippen molar-refractivity contribution in [2.45, 2.75) is 64.3 Å². The van der Waals surface area contributed by atoms with Crippen molar-refractivity contribution in [2.24, 2.45) is 5.18 Å². The third kappa shape index (κ3) is 7.83. The molecule has 1 aromatic heterocycles. The third-order valence-electron chi connectivity index (χ3n) is 7.36. The summed E-state index contributed by atoms with van der Waals surface area (Å²) in [5.41, 5.74) is 5.08. The number of anilines is 1. The van der Waals surface area contributed by atoms with E-state index >= 15 is 0 Å². The number of carboxylic acids is 1. The Bertz CT molecular complexity index is 1580. The van der Waals surface area contributed by atoms with Crippen molar-refractivity contribution in [1.29, 1.82) is 0 Å². The number of aliphatic hydroxyl groups is 2. The van der Waals surface area contributed by atoms with Crippen LogP contribution in [0.25, 0.3) is 22.4 Å². The second kappa shape index (κ2) is 14.7. The summed E-state index contributed by atoms with van der Waals surface area (Å²) < 4.78 is 16.0. The van der Waals surface area contributed by atoms with Gasteiger partial charge in [-0.15, -0.1) is 0 Å². The van der Waals surface area contributed by atoms with Gasteiger partial charge in [0.25, 0.3) is 5.91 Å². The summed E-state index contributed by atoms with van der Waals surface area (Å²) >= 11 is 0. The molecule has 10 heteroatoms. The molecule has 0 aliphatic rings. The monoisotopic (exact) mass is 601 g/mol. The number of nitrogens with zero attached hydrogens (tertiary/aromatic N) is 2. The van der Waals surface area contributed by atoms with Gasteiger partial charge in [-0.1, -0.05) is 61.5 Å². The molecular formula is C34H36FN3O6. The maximum atomic E-state index is 14.2. The van der Waals surface area contributed by atoms with Crippen LogP contribution in [0.15, 0.2) is 84.0 Å². The summed E-state index contributed by atoms with van der Waals surface area (Å²) in [6, 6.07) is 22.2. The number of aromatic nitrogens is 1. The van der Waals surface area contributed by atoms with E-state index in [0.29, 0.717) is 39.3 Å². The zero-order chi connectivity index (χ0) is 31.8. The van der Waals surface area contributed by atoms with Gasteiger partial charge in [-0.3, -0.25) is 9.59 Å². The lowest BCUT2D eigenvalue weighted by Crippen LogP contribution is -2.22. The number of benzene rings is 3. The van der Waals surface area contributed by atoms with E-state index in [4.69, 9.17) is 5.11 Å². The number of amides is 1. The maximum absolute atomic E-state index is 14.2. The molecule has 0 fully saturated rings. The predicted molar refractivity (Wildman–Crippen MR) is 167 cm³/mol. The highest BCUT2D eigenvalue weighted by Gasteiger charge is 2.31. The molecule has 0 radical (unpaired) electrons. The number of aliphatic carboxylic acids is 1. The maximum Gasteiger partial charge on any atom is 0.305 e. The van der Waals surface area contributed by atoms with Crippen molar-refractivity contribution in [3.8, 4) is 22.4 Å². The molecule has 0 bridgehead atoms. The van der Waals surface area contributed by atoms with Crippen LogP contribution < -0.4 is 5.32 Å². The zero-order valence-corrected chi connectivity index (χ0v) is 24.6. The van der Waals surface area contributed by atoms with Gasteiger partial charge in [0, 0.05) is 23.5 Å². The average molecular weight is 602 g/mol. The molecule has 0 spiro atoms. The Balaban J connectivity index is 1.87. The van der Waals surface area contributed by atoms with Gasteiger partial charge in [0.1, 0.15) is 12.4 Å². The standard InChI is InChI=1S/C34H36FN3O6/c1-21(2)32-31(34(43)37-26-14-8-22(9-15-26)20-36-44)30(23-6-4-3-5-7-23)33(24-10-12-25(35)13-11-24)38(32)17-16-27(39)18-28(40)19-29(41)42/h3-15,21,27-28,39-40H,16-20H2,1-2H3,(H,37,43)(H,41,42). The van der Waals surface area contributed by atoms with Crippen LogP contribution in [0.5, 0.6) is 0 Å². The SMILES string of the molecule is CC(C)c1c(C(=O)Nc2ccc(CN=O)cc2)c(-c2ccccc2)c(-c2ccc(F)cc2)n1CCC(O)CC(O)CC(=O)O. The molecule has 9 nitrogen and oxygen atoms in total. The molecule has 1 amide bonds. The van der Waals surface area contributed by atoms with Crippen LogP contribution in [0.2, 0.25) is 0 Å². The highest BCUT2D eigenvalue weighted by molar-refractivity contribution is 6.12. The van der Waals surface area contributed by atoms with Crippen molar-refractivity contribution in [1.82, 2.24) is 4.57 Å². The minimum atomic E-state index is -1.21. The molecule has 1 heterocycles. The van der Waals surface area contributed by atoms with Crippen LogP contribution in [0.3, 0.4) is 0 Å². The van der Waals surface area contributed by atoms with Gasteiger partial charge in [0.2, 0.25) is 0 Å². The summed E-state index contributed by atoms with van der Waals surface area (Å²) in [6.45, 7) is 4.18. The summed E-state index contributed by atoms with van der Waals surface area (Å²) in [5.74, 6) is -2.10. The molecule has 4 rings (SSSR count). The molecule has 4 aromatic rings. The Morgan fingerprint density at radius 3 is 2.16 bits per heavy atom. The fraction of sp³-hybridized carbons (Fsp3) is 0.294. The zero-order valence-electron chi connectivity index (χ0n) is 24.6. The van der Waals surface area contributed by atoms with Crippen molar-refractivity contribution < 1.29 is 29.3 Å². The lowest BCUT2D eigenvalue weighted by molar-refractivity contribution is -0.139. The number of aliphatic hydroxyl groups excluding tert-OH is 2. The number of rotatable bonds is 14. The number of hydrogen-bond acceptors (Lipinski definition) is 6. The number of nitroso groups, excluding NO2 is 1. The van der Waals surface area contributed by atoms with Gasteiger partial charge in [-0.2, -0.15) is 4.91 Å². The van der Waals surface area contributed by atoms with Gasteiger partial charge < -0.3 is 25.2 Å². The summed E-state index contributed by atoms with van der Waals surface area (Å²) in [7, 11) is 0. The highest BCUT2D eigenvalue weighted by Crippen LogP contribution is 2.42. The van der Waals surface area contributed by atoms with Crippen molar-refractivity contribution in [2.75, 3.05) is 5.32 Å². The third-order valence-corrected chi connectivity index (χ3v) is 7.36. The van der Waals surface area contributed by atoms with Gasteiger partial charge in [0.15, 0.2) is 0 Å². The van der Waals surface area contributed by atoms with E-state index in [1.165, 1.54) is 12.1 Å². The number of halogens is 1. The first-order valence-corrected chi connectivity index (χ1v) is 14.4. The van der Waals surface area contributed by atoms with E-state index in [1.807, 2.05) is 48.7 Å². The number of carboxylic acid groups (broad SMARTS) is 1. The number of carbonyl (C=O) groups is 2. The lowest BCUT2D eigenvalue weighted by atomic mass is 9.94. The van der Waals surface area contributed by atoms with Gasteiger partial charge >= 0.3 is 5.97 Å².